The number of aliphatic imine (C=N–C) groups is 1. The summed E-state index contributed by atoms with van der Waals surface area (Å²) in [5, 5.41) is 0. The number of benzene rings is 1. The molecule has 0 aliphatic carbocycles. The Kier molecular flexibility index (Phi) is 3.54. The van der Waals surface area contributed by atoms with E-state index in [0.717, 1.165) is 7.11 Å². The van der Waals surface area contributed by atoms with Crippen molar-refractivity contribution in [2.45, 2.75) is 24.8 Å². The summed E-state index contributed by atoms with van der Waals surface area (Å²) in [5.41, 5.74) is -2.68. The van der Waals surface area contributed by atoms with E-state index in [-0.39, 0.29) is 18.2 Å². The van der Waals surface area contributed by atoms with Crippen molar-refractivity contribution in [2.75, 3.05) is 13.7 Å². The highest BCUT2D eigenvalue weighted by atomic mass is 19.4. The first-order chi connectivity index (χ1) is 8.91. The zero-order valence-electron chi connectivity index (χ0n) is 10.6. The van der Waals surface area contributed by atoms with E-state index in [1.807, 2.05) is 0 Å². The van der Waals surface area contributed by atoms with Crippen molar-refractivity contribution in [3.05, 3.63) is 35.9 Å². The molecule has 0 fully saturated rings. The number of rotatable bonds is 3. The van der Waals surface area contributed by atoms with E-state index in [1.54, 1.807) is 13.0 Å². The molecule has 19 heavy (non-hydrogen) atoms. The third kappa shape index (κ3) is 2.20. The van der Waals surface area contributed by atoms with Crippen LogP contribution in [0.2, 0.25) is 0 Å². The van der Waals surface area contributed by atoms with E-state index in [2.05, 4.69) is 4.99 Å². The van der Waals surface area contributed by atoms with Crippen molar-refractivity contribution in [1.82, 2.24) is 0 Å². The van der Waals surface area contributed by atoms with Gasteiger partial charge in [0.15, 0.2) is 0 Å². The SMILES string of the molecule is CO[C@](C1=NC[C@H](C)O1)(c1ccccc1)C(F)(F)F. The number of nitrogens with zero attached hydrogens (tertiary/aromatic N) is 1. The highest BCUT2D eigenvalue weighted by Crippen LogP contribution is 2.44. The van der Waals surface area contributed by atoms with Crippen molar-refractivity contribution >= 4 is 5.90 Å². The van der Waals surface area contributed by atoms with Gasteiger partial charge in [0.25, 0.3) is 5.60 Å². The number of ether oxygens (including phenoxy) is 2. The van der Waals surface area contributed by atoms with Crippen LogP contribution in [0.25, 0.3) is 0 Å². The Morgan fingerprint density at radius 3 is 2.32 bits per heavy atom. The lowest BCUT2D eigenvalue weighted by Crippen LogP contribution is -2.51. The maximum absolute atomic E-state index is 13.6. The standard InChI is InChI=1S/C13H14F3NO2/c1-9-8-17-11(19-9)12(18-2,13(14,15)16)10-6-4-3-5-7-10/h3-7,9H,8H2,1-2H3/t9-,12-/m0/s1. The van der Waals surface area contributed by atoms with Gasteiger partial charge >= 0.3 is 6.18 Å². The van der Waals surface area contributed by atoms with Crippen molar-refractivity contribution < 1.29 is 22.6 Å². The first-order valence-corrected chi connectivity index (χ1v) is 5.81. The van der Waals surface area contributed by atoms with Gasteiger partial charge in [0, 0.05) is 12.7 Å². The lowest BCUT2D eigenvalue weighted by atomic mass is 9.92. The first-order valence-electron chi connectivity index (χ1n) is 5.81. The molecule has 1 aromatic rings. The second-order valence-electron chi connectivity index (χ2n) is 4.32. The Bertz CT molecular complexity index is 473. The first kappa shape index (κ1) is 13.9. The van der Waals surface area contributed by atoms with E-state index in [4.69, 9.17) is 9.47 Å². The summed E-state index contributed by atoms with van der Waals surface area (Å²) < 4.78 is 50.7. The van der Waals surface area contributed by atoms with E-state index < -0.39 is 17.7 Å². The fourth-order valence-corrected chi connectivity index (χ4v) is 2.07. The van der Waals surface area contributed by atoms with Gasteiger partial charge in [-0.3, -0.25) is 0 Å². The number of alkyl halides is 3. The molecular weight excluding hydrogens is 259 g/mol. The Morgan fingerprint density at radius 1 is 1.26 bits per heavy atom. The molecule has 1 aliphatic heterocycles. The number of hydrogen-bond donors (Lipinski definition) is 0. The van der Waals surface area contributed by atoms with Gasteiger partial charge < -0.3 is 9.47 Å². The summed E-state index contributed by atoms with van der Waals surface area (Å²) in [6.45, 7) is 1.86. The quantitative estimate of drug-likeness (QED) is 0.847. The number of methoxy groups -OCH3 is 1. The van der Waals surface area contributed by atoms with Gasteiger partial charge in [-0.05, 0) is 6.92 Å². The summed E-state index contributed by atoms with van der Waals surface area (Å²) >= 11 is 0. The van der Waals surface area contributed by atoms with E-state index in [9.17, 15) is 13.2 Å². The van der Waals surface area contributed by atoms with Gasteiger partial charge in [-0.1, -0.05) is 30.3 Å². The van der Waals surface area contributed by atoms with Crippen LogP contribution in [-0.4, -0.2) is 31.8 Å². The molecule has 0 amide bonds. The molecule has 0 N–H and O–H groups in total. The van der Waals surface area contributed by atoms with Crippen molar-refractivity contribution in [3.8, 4) is 0 Å². The molecule has 0 bridgehead atoms. The van der Waals surface area contributed by atoms with Gasteiger partial charge in [-0.15, -0.1) is 0 Å². The molecule has 3 nitrogen and oxygen atoms in total. The Balaban J connectivity index is 2.56. The average molecular weight is 273 g/mol. The molecule has 0 radical (unpaired) electrons. The van der Waals surface area contributed by atoms with Crippen LogP contribution in [0.5, 0.6) is 0 Å². The maximum atomic E-state index is 13.6. The molecule has 2 rings (SSSR count). The van der Waals surface area contributed by atoms with Crippen LogP contribution < -0.4 is 0 Å². The molecule has 0 spiro atoms. The van der Waals surface area contributed by atoms with E-state index >= 15 is 0 Å². The molecule has 0 saturated heterocycles. The van der Waals surface area contributed by atoms with Crippen LogP contribution in [0, 0.1) is 0 Å². The van der Waals surface area contributed by atoms with Crippen LogP contribution in [-0.2, 0) is 15.1 Å². The summed E-state index contributed by atoms with van der Waals surface area (Å²) in [6.07, 6.45) is -5.04. The van der Waals surface area contributed by atoms with Gasteiger partial charge in [-0.2, -0.15) is 13.2 Å². The topological polar surface area (TPSA) is 30.8 Å². The highest BCUT2D eigenvalue weighted by Gasteiger charge is 2.63. The molecule has 1 aromatic carbocycles. The minimum absolute atomic E-state index is 0.0437. The van der Waals surface area contributed by atoms with Crippen molar-refractivity contribution in [2.24, 2.45) is 4.99 Å². The lowest BCUT2D eigenvalue weighted by Gasteiger charge is -2.34. The molecule has 0 aromatic heterocycles. The zero-order valence-corrected chi connectivity index (χ0v) is 10.6. The molecule has 2 atom stereocenters. The smallest absolute Gasteiger partial charge is 0.430 e. The molecule has 0 saturated carbocycles. The zero-order chi connectivity index (χ0) is 14.1. The Labute approximate surface area is 109 Å². The minimum atomic E-state index is -4.66. The number of hydrogen-bond acceptors (Lipinski definition) is 3. The minimum Gasteiger partial charge on any atom is -0.473 e. The summed E-state index contributed by atoms with van der Waals surface area (Å²) in [6, 6.07) is 7.39. The van der Waals surface area contributed by atoms with Crippen molar-refractivity contribution in [1.29, 1.82) is 0 Å². The largest absolute Gasteiger partial charge is 0.473 e. The third-order valence-corrected chi connectivity index (χ3v) is 2.99. The predicted molar refractivity (Wildman–Crippen MR) is 64.0 cm³/mol. The van der Waals surface area contributed by atoms with Crippen LogP contribution in [0.4, 0.5) is 13.2 Å². The van der Waals surface area contributed by atoms with Crippen LogP contribution in [0.3, 0.4) is 0 Å². The summed E-state index contributed by atoms with van der Waals surface area (Å²) in [5.74, 6) is -0.429. The Morgan fingerprint density at radius 2 is 1.89 bits per heavy atom. The Hall–Kier alpha value is -1.56. The third-order valence-electron chi connectivity index (χ3n) is 2.99. The fraction of sp³-hybridized carbons (Fsp3) is 0.462. The summed E-state index contributed by atoms with van der Waals surface area (Å²) in [4.78, 5) is 3.85. The van der Waals surface area contributed by atoms with Gasteiger partial charge in [0.05, 0.1) is 6.54 Å². The van der Waals surface area contributed by atoms with E-state index in [0.29, 0.717) is 0 Å². The van der Waals surface area contributed by atoms with E-state index in [1.165, 1.54) is 24.3 Å². The monoisotopic (exact) mass is 273 g/mol. The normalized spacial score (nSPS) is 22.6. The average Bonchev–Trinajstić information content (AvgIpc) is 2.77. The van der Waals surface area contributed by atoms with Gasteiger partial charge in [0.2, 0.25) is 5.90 Å². The lowest BCUT2D eigenvalue weighted by molar-refractivity contribution is -0.251. The van der Waals surface area contributed by atoms with Crippen molar-refractivity contribution in [3.63, 3.8) is 0 Å². The second kappa shape index (κ2) is 4.85. The molecule has 0 unspecified atom stereocenters. The fourth-order valence-electron chi connectivity index (χ4n) is 2.07. The van der Waals surface area contributed by atoms with Gasteiger partial charge in [0.1, 0.15) is 6.10 Å². The van der Waals surface area contributed by atoms with Crippen LogP contribution in [0.1, 0.15) is 12.5 Å². The second-order valence-corrected chi connectivity index (χ2v) is 4.32. The molecule has 6 heteroatoms. The van der Waals surface area contributed by atoms with Gasteiger partial charge in [-0.25, -0.2) is 4.99 Å². The molecular formula is C13H14F3NO2. The van der Waals surface area contributed by atoms with Crippen LogP contribution >= 0.6 is 0 Å². The molecule has 1 heterocycles. The molecule has 104 valence electrons. The molecule has 1 aliphatic rings. The number of halogens is 3. The maximum Gasteiger partial charge on any atom is 0.430 e. The highest BCUT2D eigenvalue weighted by molar-refractivity contribution is 5.89. The summed E-state index contributed by atoms with van der Waals surface area (Å²) in [7, 11) is 1.01. The predicted octanol–water partition coefficient (Wildman–Crippen LogP) is 2.91. The van der Waals surface area contributed by atoms with Crippen LogP contribution in [0.15, 0.2) is 35.3 Å².